The lowest BCUT2D eigenvalue weighted by Crippen LogP contribution is -2.49. The average molecular weight is 400 g/mol. The minimum Gasteiger partial charge on any atom is -0.353 e. The van der Waals surface area contributed by atoms with Gasteiger partial charge in [-0.15, -0.1) is 0 Å². The SMILES string of the molecule is CCS(=O)(=O)N1CCN(c2cncc(-c3nc(-c4ccccc4)no3)n2)CC1. The summed E-state index contributed by atoms with van der Waals surface area (Å²) in [6.45, 7) is 3.62. The molecule has 0 aliphatic carbocycles. The van der Waals surface area contributed by atoms with Gasteiger partial charge in [-0.05, 0) is 6.92 Å². The van der Waals surface area contributed by atoms with E-state index >= 15 is 0 Å². The van der Waals surface area contributed by atoms with Crippen molar-refractivity contribution >= 4 is 15.8 Å². The molecule has 0 N–H and O–H groups in total. The van der Waals surface area contributed by atoms with Gasteiger partial charge in [0.05, 0.1) is 18.1 Å². The van der Waals surface area contributed by atoms with Gasteiger partial charge >= 0.3 is 0 Å². The zero-order chi connectivity index (χ0) is 19.6. The van der Waals surface area contributed by atoms with Gasteiger partial charge in [0.1, 0.15) is 11.5 Å². The Hall–Kier alpha value is -2.85. The summed E-state index contributed by atoms with van der Waals surface area (Å²) < 4.78 is 30.9. The van der Waals surface area contributed by atoms with Crippen molar-refractivity contribution in [3.63, 3.8) is 0 Å². The zero-order valence-electron chi connectivity index (χ0n) is 15.4. The van der Waals surface area contributed by atoms with Gasteiger partial charge in [0.15, 0.2) is 0 Å². The highest BCUT2D eigenvalue weighted by Crippen LogP contribution is 2.22. The predicted octanol–water partition coefficient (Wildman–Crippen LogP) is 1.67. The monoisotopic (exact) mass is 400 g/mol. The lowest BCUT2D eigenvalue weighted by Gasteiger charge is -2.34. The second kappa shape index (κ2) is 7.64. The second-order valence-corrected chi connectivity index (χ2v) is 8.60. The Morgan fingerprint density at radius 2 is 1.79 bits per heavy atom. The number of piperazine rings is 1. The Morgan fingerprint density at radius 3 is 2.50 bits per heavy atom. The maximum absolute atomic E-state index is 12.0. The molecule has 0 atom stereocenters. The molecular formula is C18H20N6O3S. The molecule has 146 valence electrons. The molecule has 1 aliphatic heterocycles. The van der Waals surface area contributed by atoms with Crippen molar-refractivity contribution in [2.45, 2.75) is 6.92 Å². The maximum atomic E-state index is 12.0. The Labute approximate surface area is 163 Å². The Balaban J connectivity index is 1.51. The minimum atomic E-state index is -3.16. The summed E-state index contributed by atoms with van der Waals surface area (Å²) >= 11 is 0. The molecule has 9 nitrogen and oxygen atoms in total. The van der Waals surface area contributed by atoms with E-state index in [1.165, 1.54) is 4.31 Å². The van der Waals surface area contributed by atoms with Crippen molar-refractivity contribution in [3.8, 4) is 23.0 Å². The Bertz CT molecular complexity index is 1050. The van der Waals surface area contributed by atoms with Crippen LogP contribution < -0.4 is 4.90 Å². The first-order valence-corrected chi connectivity index (χ1v) is 10.6. The molecule has 3 heterocycles. The van der Waals surface area contributed by atoms with E-state index in [4.69, 9.17) is 4.52 Å². The summed E-state index contributed by atoms with van der Waals surface area (Å²) in [5, 5.41) is 4.01. The van der Waals surface area contributed by atoms with E-state index in [-0.39, 0.29) is 5.75 Å². The third-order valence-electron chi connectivity index (χ3n) is 4.62. The summed E-state index contributed by atoms with van der Waals surface area (Å²) in [5.74, 6) is 1.55. The van der Waals surface area contributed by atoms with Gasteiger partial charge < -0.3 is 9.42 Å². The first kappa shape index (κ1) is 18.5. The number of nitrogens with zero attached hydrogens (tertiary/aromatic N) is 6. The molecule has 4 rings (SSSR count). The lowest BCUT2D eigenvalue weighted by molar-refractivity contribution is 0.384. The van der Waals surface area contributed by atoms with Crippen LogP contribution in [0.3, 0.4) is 0 Å². The maximum Gasteiger partial charge on any atom is 0.278 e. The van der Waals surface area contributed by atoms with E-state index in [0.717, 1.165) is 5.56 Å². The van der Waals surface area contributed by atoms with Crippen LogP contribution in [0.25, 0.3) is 23.0 Å². The van der Waals surface area contributed by atoms with Crippen molar-refractivity contribution < 1.29 is 12.9 Å². The van der Waals surface area contributed by atoms with E-state index in [9.17, 15) is 8.42 Å². The Kier molecular flexibility index (Phi) is 5.05. The zero-order valence-corrected chi connectivity index (χ0v) is 16.2. The van der Waals surface area contributed by atoms with Crippen molar-refractivity contribution in [1.29, 1.82) is 0 Å². The van der Waals surface area contributed by atoms with Crippen molar-refractivity contribution in [2.75, 3.05) is 36.8 Å². The van der Waals surface area contributed by atoms with Gasteiger partial charge in [0, 0.05) is 31.7 Å². The highest BCUT2D eigenvalue weighted by Gasteiger charge is 2.26. The molecule has 1 aromatic carbocycles. The number of anilines is 1. The first-order chi connectivity index (χ1) is 13.6. The fraction of sp³-hybridized carbons (Fsp3) is 0.333. The van der Waals surface area contributed by atoms with Crippen molar-refractivity contribution in [1.82, 2.24) is 24.4 Å². The second-order valence-electron chi connectivity index (χ2n) is 6.34. The van der Waals surface area contributed by atoms with Gasteiger partial charge in [-0.25, -0.2) is 13.4 Å². The van der Waals surface area contributed by atoms with Gasteiger partial charge in [-0.1, -0.05) is 35.5 Å². The largest absolute Gasteiger partial charge is 0.353 e. The summed E-state index contributed by atoms with van der Waals surface area (Å²) in [4.78, 5) is 15.2. The van der Waals surface area contributed by atoms with Crippen LogP contribution in [0.4, 0.5) is 5.82 Å². The van der Waals surface area contributed by atoms with Crippen LogP contribution in [0.1, 0.15) is 6.92 Å². The fourth-order valence-electron chi connectivity index (χ4n) is 3.02. The van der Waals surface area contributed by atoms with Crippen molar-refractivity contribution in [2.24, 2.45) is 0 Å². The van der Waals surface area contributed by atoms with Gasteiger partial charge in [0.25, 0.3) is 5.89 Å². The molecule has 1 fully saturated rings. The molecule has 3 aromatic rings. The molecule has 10 heteroatoms. The molecule has 28 heavy (non-hydrogen) atoms. The standard InChI is InChI=1S/C18H20N6O3S/c1-2-28(25,26)24-10-8-23(9-11-24)16-13-19-12-15(20-16)18-21-17(22-27-18)14-6-4-3-5-7-14/h3-7,12-13H,2,8-11H2,1H3. The number of aromatic nitrogens is 4. The quantitative estimate of drug-likeness (QED) is 0.637. The fourth-order valence-corrected chi connectivity index (χ4v) is 4.11. The molecule has 0 unspecified atom stereocenters. The highest BCUT2D eigenvalue weighted by molar-refractivity contribution is 7.89. The van der Waals surface area contributed by atoms with Crippen LogP contribution in [0.2, 0.25) is 0 Å². The summed E-state index contributed by atoms with van der Waals surface area (Å²) in [5.41, 5.74) is 1.34. The highest BCUT2D eigenvalue weighted by atomic mass is 32.2. The number of hydrogen-bond acceptors (Lipinski definition) is 8. The predicted molar refractivity (Wildman–Crippen MR) is 104 cm³/mol. The lowest BCUT2D eigenvalue weighted by atomic mass is 10.2. The normalized spacial score (nSPS) is 15.7. The van der Waals surface area contributed by atoms with E-state index in [1.54, 1.807) is 19.3 Å². The number of rotatable bonds is 5. The summed E-state index contributed by atoms with van der Waals surface area (Å²) in [7, 11) is -3.16. The summed E-state index contributed by atoms with van der Waals surface area (Å²) in [6.07, 6.45) is 3.23. The average Bonchev–Trinajstić information content (AvgIpc) is 3.25. The molecule has 1 aliphatic rings. The molecule has 0 saturated carbocycles. The van der Waals surface area contributed by atoms with Gasteiger partial charge in [-0.2, -0.15) is 9.29 Å². The first-order valence-electron chi connectivity index (χ1n) is 9.01. The smallest absolute Gasteiger partial charge is 0.278 e. The number of benzene rings is 1. The van der Waals surface area contributed by atoms with Crippen LogP contribution in [0, 0.1) is 0 Å². The topological polar surface area (TPSA) is 105 Å². The molecule has 0 spiro atoms. The molecule has 0 radical (unpaired) electrons. The van der Waals surface area contributed by atoms with E-state index < -0.39 is 10.0 Å². The van der Waals surface area contributed by atoms with Crippen LogP contribution >= 0.6 is 0 Å². The summed E-state index contributed by atoms with van der Waals surface area (Å²) in [6, 6.07) is 9.54. The minimum absolute atomic E-state index is 0.114. The van der Waals surface area contributed by atoms with Crippen LogP contribution in [0.15, 0.2) is 47.2 Å². The van der Waals surface area contributed by atoms with Gasteiger partial charge in [-0.3, -0.25) is 4.98 Å². The molecular weight excluding hydrogens is 380 g/mol. The van der Waals surface area contributed by atoms with Crippen LogP contribution in [-0.4, -0.2) is 64.8 Å². The number of sulfonamides is 1. The van der Waals surface area contributed by atoms with E-state index in [1.807, 2.05) is 35.2 Å². The third kappa shape index (κ3) is 3.73. The number of hydrogen-bond donors (Lipinski definition) is 0. The van der Waals surface area contributed by atoms with Gasteiger partial charge in [0.2, 0.25) is 15.8 Å². The van der Waals surface area contributed by atoms with Crippen LogP contribution in [0.5, 0.6) is 0 Å². The Morgan fingerprint density at radius 1 is 1.04 bits per heavy atom. The van der Waals surface area contributed by atoms with E-state index in [0.29, 0.717) is 49.4 Å². The van der Waals surface area contributed by atoms with Crippen molar-refractivity contribution in [3.05, 3.63) is 42.7 Å². The molecule has 0 bridgehead atoms. The third-order valence-corrected chi connectivity index (χ3v) is 6.50. The molecule has 2 aromatic heterocycles. The molecule has 0 amide bonds. The molecule has 1 saturated heterocycles. The van der Waals surface area contributed by atoms with E-state index in [2.05, 4.69) is 20.1 Å². The van der Waals surface area contributed by atoms with Crippen LogP contribution in [-0.2, 0) is 10.0 Å².